The minimum atomic E-state index is -3.86. The summed E-state index contributed by atoms with van der Waals surface area (Å²) < 4.78 is 32.1. The van der Waals surface area contributed by atoms with Crippen LogP contribution in [0, 0.1) is 6.92 Å². The van der Waals surface area contributed by atoms with E-state index in [1.165, 1.54) is 19.1 Å². The lowest BCUT2D eigenvalue weighted by atomic mass is 10.2. The van der Waals surface area contributed by atoms with Crippen LogP contribution in [-0.2, 0) is 14.8 Å². The highest BCUT2D eigenvalue weighted by Crippen LogP contribution is 2.18. The van der Waals surface area contributed by atoms with E-state index in [1.807, 2.05) is 6.92 Å². The summed E-state index contributed by atoms with van der Waals surface area (Å²) in [4.78, 5) is 11.1. The molecule has 0 heterocycles. The fourth-order valence-electron chi connectivity index (χ4n) is 2.60. The van der Waals surface area contributed by atoms with Crippen molar-refractivity contribution in [3.8, 4) is 5.75 Å². The number of amides is 1. The molecule has 29 heavy (non-hydrogen) atoms. The summed E-state index contributed by atoms with van der Waals surface area (Å²) in [6.45, 7) is 2.39. The zero-order valence-corrected chi connectivity index (χ0v) is 17.2. The molecule has 1 unspecified atom stereocenters. The number of benzene rings is 2. The third kappa shape index (κ3) is 6.82. The molecule has 0 bridgehead atoms. The lowest BCUT2D eigenvalue weighted by Gasteiger charge is -2.24. The number of carbonyl (C=O) groups excluding carboxylic acids is 1. The molecule has 0 radical (unpaired) electrons. The Balaban J connectivity index is 1.99. The number of aliphatic hydroxyl groups excluding tert-OH is 2. The van der Waals surface area contributed by atoms with Gasteiger partial charge in [-0.25, -0.2) is 8.42 Å². The molecule has 0 spiro atoms. The Hall–Kier alpha value is -2.46. The first-order valence-electron chi connectivity index (χ1n) is 9.08. The molecule has 1 amide bonds. The van der Waals surface area contributed by atoms with Crippen LogP contribution in [0.1, 0.15) is 12.5 Å². The van der Waals surface area contributed by atoms with Gasteiger partial charge in [0.15, 0.2) is 0 Å². The number of hydrogen-bond acceptors (Lipinski definition) is 6. The molecular weight excluding hydrogens is 396 g/mol. The average Bonchev–Trinajstić information content (AvgIpc) is 2.67. The van der Waals surface area contributed by atoms with Gasteiger partial charge in [0.1, 0.15) is 18.5 Å². The Morgan fingerprint density at radius 1 is 1.14 bits per heavy atom. The second-order valence-corrected chi connectivity index (χ2v) is 8.51. The monoisotopic (exact) mass is 422 g/mol. The van der Waals surface area contributed by atoms with Crippen LogP contribution < -0.4 is 10.1 Å². The first-order valence-corrected chi connectivity index (χ1v) is 10.5. The van der Waals surface area contributed by atoms with E-state index in [2.05, 4.69) is 5.32 Å². The number of ether oxygens (including phenoxy) is 1. The zero-order valence-electron chi connectivity index (χ0n) is 16.4. The molecule has 1 atom stereocenters. The molecule has 0 saturated heterocycles. The van der Waals surface area contributed by atoms with Crippen molar-refractivity contribution < 1.29 is 28.2 Å². The molecule has 3 N–H and O–H groups in total. The number of nitrogens with zero attached hydrogens (tertiary/aromatic N) is 1. The van der Waals surface area contributed by atoms with Crippen molar-refractivity contribution in [3.63, 3.8) is 0 Å². The maximum absolute atomic E-state index is 12.8. The molecule has 2 aromatic carbocycles. The summed E-state index contributed by atoms with van der Waals surface area (Å²) in [5.74, 6) is 0.279. The average molecular weight is 423 g/mol. The number of rotatable bonds is 10. The van der Waals surface area contributed by atoms with E-state index in [0.717, 1.165) is 9.87 Å². The first kappa shape index (κ1) is 22.8. The Kier molecular flexibility index (Phi) is 8.15. The van der Waals surface area contributed by atoms with Crippen LogP contribution in [0.25, 0.3) is 0 Å². The number of nitrogens with one attached hydrogen (secondary N) is 1. The molecule has 0 saturated carbocycles. The van der Waals surface area contributed by atoms with E-state index < -0.39 is 16.1 Å². The van der Waals surface area contributed by atoms with Gasteiger partial charge < -0.3 is 20.3 Å². The summed E-state index contributed by atoms with van der Waals surface area (Å²) in [5, 5.41) is 22.1. The van der Waals surface area contributed by atoms with Crippen LogP contribution >= 0.6 is 0 Å². The molecule has 8 nitrogen and oxygen atoms in total. The standard InChI is InChI=1S/C20H26N2O6S/c1-15-3-9-20(10-4-15)29(26,27)22(11-12-23)13-18(25)14-28-19-7-5-17(6-8-19)21-16(2)24/h3-10,18,23,25H,11-14H2,1-2H3,(H,21,24). The van der Waals surface area contributed by atoms with E-state index in [-0.39, 0.29) is 37.1 Å². The second-order valence-electron chi connectivity index (χ2n) is 6.57. The SMILES string of the molecule is CC(=O)Nc1ccc(OCC(O)CN(CCO)S(=O)(=O)c2ccc(C)cc2)cc1. The minimum Gasteiger partial charge on any atom is -0.491 e. The van der Waals surface area contributed by atoms with Crippen molar-refractivity contribution >= 4 is 21.6 Å². The molecule has 2 rings (SSSR count). The quantitative estimate of drug-likeness (QED) is 0.533. The van der Waals surface area contributed by atoms with Gasteiger partial charge in [-0.15, -0.1) is 0 Å². The van der Waals surface area contributed by atoms with Gasteiger partial charge in [0.25, 0.3) is 0 Å². The maximum Gasteiger partial charge on any atom is 0.243 e. The topological polar surface area (TPSA) is 116 Å². The van der Waals surface area contributed by atoms with Crippen molar-refractivity contribution in [2.75, 3.05) is 31.6 Å². The van der Waals surface area contributed by atoms with Crippen molar-refractivity contribution in [2.45, 2.75) is 24.8 Å². The Bertz CT molecular complexity index is 898. The van der Waals surface area contributed by atoms with Crippen molar-refractivity contribution in [2.24, 2.45) is 0 Å². The van der Waals surface area contributed by atoms with Crippen LogP contribution in [0.15, 0.2) is 53.4 Å². The predicted molar refractivity (Wildman–Crippen MR) is 109 cm³/mol. The van der Waals surface area contributed by atoms with Gasteiger partial charge in [-0.1, -0.05) is 17.7 Å². The van der Waals surface area contributed by atoms with Gasteiger partial charge in [-0.3, -0.25) is 4.79 Å². The van der Waals surface area contributed by atoms with E-state index >= 15 is 0 Å². The largest absolute Gasteiger partial charge is 0.491 e. The van der Waals surface area contributed by atoms with Crippen LogP contribution in [0.5, 0.6) is 5.75 Å². The van der Waals surface area contributed by atoms with Crippen LogP contribution in [0.4, 0.5) is 5.69 Å². The van der Waals surface area contributed by atoms with E-state index in [1.54, 1.807) is 36.4 Å². The van der Waals surface area contributed by atoms with Crippen LogP contribution in [-0.4, -0.2) is 61.3 Å². The second kappa shape index (κ2) is 10.4. The Morgan fingerprint density at radius 3 is 2.31 bits per heavy atom. The lowest BCUT2D eigenvalue weighted by molar-refractivity contribution is -0.114. The summed E-state index contributed by atoms with van der Waals surface area (Å²) in [7, 11) is -3.86. The van der Waals surface area contributed by atoms with E-state index in [4.69, 9.17) is 4.74 Å². The number of sulfonamides is 1. The highest BCUT2D eigenvalue weighted by Gasteiger charge is 2.26. The molecular formula is C20H26N2O6S. The van der Waals surface area contributed by atoms with Gasteiger partial charge in [-0.05, 0) is 43.3 Å². The molecule has 158 valence electrons. The minimum absolute atomic E-state index is 0.0956. The van der Waals surface area contributed by atoms with Crippen LogP contribution in [0.2, 0.25) is 0 Å². The zero-order chi connectivity index (χ0) is 21.4. The Morgan fingerprint density at radius 2 is 1.76 bits per heavy atom. The fraction of sp³-hybridized carbons (Fsp3) is 0.350. The van der Waals surface area contributed by atoms with Crippen molar-refractivity contribution in [3.05, 3.63) is 54.1 Å². The van der Waals surface area contributed by atoms with Gasteiger partial charge >= 0.3 is 0 Å². The molecule has 0 aliphatic heterocycles. The number of carbonyl (C=O) groups is 1. The lowest BCUT2D eigenvalue weighted by Crippen LogP contribution is -2.41. The van der Waals surface area contributed by atoms with Crippen LogP contribution in [0.3, 0.4) is 0 Å². The predicted octanol–water partition coefficient (Wildman–Crippen LogP) is 1.38. The fourth-order valence-corrected chi connectivity index (χ4v) is 4.07. The number of aryl methyl sites for hydroxylation is 1. The summed E-state index contributed by atoms with van der Waals surface area (Å²) in [6.07, 6.45) is -1.10. The van der Waals surface area contributed by atoms with Crippen molar-refractivity contribution in [1.29, 1.82) is 0 Å². The van der Waals surface area contributed by atoms with E-state index in [9.17, 15) is 23.4 Å². The number of aliphatic hydroxyl groups is 2. The smallest absolute Gasteiger partial charge is 0.243 e. The highest BCUT2D eigenvalue weighted by atomic mass is 32.2. The summed E-state index contributed by atoms with van der Waals surface area (Å²) >= 11 is 0. The molecule has 0 aromatic heterocycles. The molecule has 0 aliphatic carbocycles. The third-order valence-electron chi connectivity index (χ3n) is 4.04. The van der Waals surface area contributed by atoms with Gasteiger partial charge in [-0.2, -0.15) is 4.31 Å². The normalized spacial score (nSPS) is 12.6. The van der Waals surface area contributed by atoms with Gasteiger partial charge in [0, 0.05) is 25.7 Å². The maximum atomic E-state index is 12.8. The molecule has 0 aliphatic rings. The molecule has 0 fully saturated rings. The molecule has 2 aromatic rings. The highest BCUT2D eigenvalue weighted by molar-refractivity contribution is 7.89. The van der Waals surface area contributed by atoms with E-state index in [0.29, 0.717) is 11.4 Å². The number of anilines is 1. The number of hydrogen-bond donors (Lipinski definition) is 3. The third-order valence-corrected chi connectivity index (χ3v) is 5.92. The van der Waals surface area contributed by atoms with Gasteiger partial charge in [0.2, 0.25) is 15.9 Å². The first-order chi connectivity index (χ1) is 13.7. The Labute approximate surface area is 170 Å². The summed E-state index contributed by atoms with van der Waals surface area (Å²) in [5.41, 5.74) is 1.54. The molecule has 9 heteroatoms. The summed E-state index contributed by atoms with van der Waals surface area (Å²) in [6, 6.07) is 12.9. The van der Waals surface area contributed by atoms with Gasteiger partial charge in [0.05, 0.1) is 11.5 Å². The van der Waals surface area contributed by atoms with Crippen molar-refractivity contribution in [1.82, 2.24) is 4.31 Å².